The first-order valence-corrected chi connectivity index (χ1v) is 8.03. The largest absolute Gasteiger partial charge is 0.369 e. The van der Waals surface area contributed by atoms with E-state index in [2.05, 4.69) is 10.1 Å². The Balaban J connectivity index is 1.58. The number of hydrogen-bond donors (Lipinski definition) is 1. The van der Waals surface area contributed by atoms with Crippen LogP contribution in [0.4, 0.5) is 0 Å². The van der Waals surface area contributed by atoms with Gasteiger partial charge in [0.1, 0.15) is 6.61 Å². The zero-order valence-corrected chi connectivity index (χ0v) is 13.9. The van der Waals surface area contributed by atoms with Crippen molar-refractivity contribution in [2.24, 2.45) is 11.7 Å². The summed E-state index contributed by atoms with van der Waals surface area (Å²) in [6, 6.07) is 9.60. The number of carbonyl (C=O) groups is 2. The summed E-state index contributed by atoms with van der Waals surface area (Å²) in [5, 5.41) is 3.74. The van der Waals surface area contributed by atoms with Gasteiger partial charge in [-0.05, 0) is 12.5 Å². The van der Waals surface area contributed by atoms with Gasteiger partial charge in [-0.1, -0.05) is 35.5 Å². The molecule has 0 radical (unpaired) electrons. The third-order valence-electron chi connectivity index (χ3n) is 4.24. The summed E-state index contributed by atoms with van der Waals surface area (Å²) in [6.45, 7) is 2.53. The van der Waals surface area contributed by atoms with Gasteiger partial charge >= 0.3 is 0 Å². The summed E-state index contributed by atoms with van der Waals surface area (Å²) in [5.41, 5.74) is 6.46. The van der Waals surface area contributed by atoms with Crippen LogP contribution in [-0.4, -0.2) is 46.6 Å². The highest BCUT2D eigenvalue weighted by molar-refractivity contribution is 5.82. The molecule has 8 heteroatoms. The summed E-state index contributed by atoms with van der Waals surface area (Å²) in [5.74, 6) is -0.784. The van der Waals surface area contributed by atoms with Crippen LogP contribution in [0.5, 0.6) is 0 Å². The quantitative estimate of drug-likeness (QED) is 0.822. The van der Waals surface area contributed by atoms with Gasteiger partial charge in [-0.25, -0.2) is 0 Å². The number of likely N-dealkylation sites (tertiary alicyclic amines) is 1. The van der Waals surface area contributed by atoms with Crippen molar-refractivity contribution >= 4 is 11.8 Å². The summed E-state index contributed by atoms with van der Waals surface area (Å²) in [7, 11) is 0. The van der Waals surface area contributed by atoms with Crippen LogP contribution >= 0.6 is 0 Å². The van der Waals surface area contributed by atoms with Gasteiger partial charge in [0.15, 0.2) is 5.82 Å². The van der Waals surface area contributed by atoms with Crippen molar-refractivity contribution in [1.82, 2.24) is 15.0 Å². The standard InChI is InChI=1S/C17H20N4O4/c1-11-19-17(25-20-11)14-8-21(7-13(14)16(18)23)15(22)10-24-9-12-5-3-2-4-6-12/h2-6,13-14H,7-10H2,1H3,(H2,18,23). The summed E-state index contributed by atoms with van der Waals surface area (Å²) >= 11 is 0. The fourth-order valence-electron chi connectivity index (χ4n) is 2.93. The molecule has 8 nitrogen and oxygen atoms in total. The van der Waals surface area contributed by atoms with E-state index in [4.69, 9.17) is 15.0 Å². The molecular formula is C17H20N4O4. The molecule has 2 atom stereocenters. The summed E-state index contributed by atoms with van der Waals surface area (Å²) < 4.78 is 10.6. The SMILES string of the molecule is Cc1noc(C2CN(C(=O)COCc3ccccc3)CC2C(N)=O)n1. The molecule has 2 N–H and O–H groups in total. The van der Waals surface area contributed by atoms with Gasteiger partial charge in [-0.15, -0.1) is 0 Å². The summed E-state index contributed by atoms with van der Waals surface area (Å²) in [6.07, 6.45) is 0. The minimum absolute atomic E-state index is 0.0596. The molecule has 132 valence electrons. The minimum Gasteiger partial charge on any atom is -0.369 e. The lowest BCUT2D eigenvalue weighted by Crippen LogP contribution is -2.34. The van der Waals surface area contributed by atoms with Crippen molar-refractivity contribution in [2.45, 2.75) is 19.4 Å². The molecule has 1 saturated heterocycles. The van der Waals surface area contributed by atoms with Gasteiger partial charge in [-0.2, -0.15) is 4.98 Å². The molecular weight excluding hydrogens is 324 g/mol. The van der Waals surface area contributed by atoms with Gasteiger partial charge in [0.05, 0.1) is 18.4 Å². The second-order valence-corrected chi connectivity index (χ2v) is 6.07. The fraction of sp³-hybridized carbons (Fsp3) is 0.412. The molecule has 1 aliphatic rings. The molecule has 2 heterocycles. The highest BCUT2D eigenvalue weighted by atomic mass is 16.5. The second-order valence-electron chi connectivity index (χ2n) is 6.07. The number of benzene rings is 1. The van der Waals surface area contributed by atoms with Crippen LogP contribution < -0.4 is 5.73 Å². The second kappa shape index (κ2) is 7.43. The number of hydrogen-bond acceptors (Lipinski definition) is 6. The lowest BCUT2D eigenvalue weighted by molar-refractivity contribution is -0.135. The van der Waals surface area contributed by atoms with Crippen molar-refractivity contribution in [3.63, 3.8) is 0 Å². The van der Waals surface area contributed by atoms with Crippen molar-refractivity contribution in [3.8, 4) is 0 Å². The van der Waals surface area contributed by atoms with Crippen LogP contribution in [0.25, 0.3) is 0 Å². The molecule has 0 saturated carbocycles. The lowest BCUT2D eigenvalue weighted by atomic mass is 9.95. The third kappa shape index (κ3) is 4.03. The number of rotatable bonds is 6. The highest BCUT2D eigenvalue weighted by Gasteiger charge is 2.42. The van der Waals surface area contributed by atoms with Crippen LogP contribution in [0.3, 0.4) is 0 Å². The molecule has 25 heavy (non-hydrogen) atoms. The molecule has 0 spiro atoms. The van der Waals surface area contributed by atoms with Crippen LogP contribution in [0.1, 0.15) is 23.2 Å². The molecule has 1 aliphatic heterocycles. The molecule has 2 unspecified atom stereocenters. The number of aromatic nitrogens is 2. The van der Waals surface area contributed by atoms with Crippen molar-refractivity contribution in [2.75, 3.05) is 19.7 Å². The first kappa shape index (κ1) is 17.1. The first-order valence-electron chi connectivity index (χ1n) is 8.03. The van der Waals surface area contributed by atoms with Crippen LogP contribution in [0.15, 0.2) is 34.9 Å². The van der Waals surface area contributed by atoms with Crippen molar-refractivity contribution in [3.05, 3.63) is 47.6 Å². The summed E-state index contributed by atoms with van der Waals surface area (Å²) in [4.78, 5) is 29.8. The Hall–Kier alpha value is -2.74. The Kier molecular flexibility index (Phi) is 5.08. The van der Waals surface area contributed by atoms with E-state index in [0.717, 1.165) is 5.56 Å². The van der Waals surface area contributed by atoms with Crippen LogP contribution in [-0.2, 0) is 20.9 Å². The number of ether oxygens (including phenoxy) is 1. The zero-order valence-electron chi connectivity index (χ0n) is 13.9. The maximum Gasteiger partial charge on any atom is 0.248 e. The smallest absolute Gasteiger partial charge is 0.248 e. The van der Waals surface area contributed by atoms with E-state index < -0.39 is 11.8 Å². The number of nitrogens with zero attached hydrogens (tertiary/aromatic N) is 3. The van der Waals surface area contributed by atoms with Crippen molar-refractivity contribution in [1.29, 1.82) is 0 Å². The predicted molar refractivity (Wildman–Crippen MR) is 87.1 cm³/mol. The maximum atomic E-state index is 12.4. The number of aryl methyl sites for hydroxylation is 1. The fourth-order valence-corrected chi connectivity index (χ4v) is 2.93. The van der Waals surface area contributed by atoms with Gasteiger partial charge in [0.25, 0.3) is 0 Å². The van der Waals surface area contributed by atoms with E-state index in [1.54, 1.807) is 11.8 Å². The topological polar surface area (TPSA) is 112 Å². The first-order chi connectivity index (χ1) is 12.0. The molecule has 3 rings (SSSR count). The molecule has 1 aromatic heterocycles. The van der Waals surface area contributed by atoms with Gasteiger partial charge in [-0.3, -0.25) is 9.59 Å². The van der Waals surface area contributed by atoms with E-state index in [-0.39, 0.29) is 25.0 Å². The molecule has 0 aliphatic carbocycles. The lowest BCUT2D eigenvalue weighted by Gasteiger charge is -2.15. The Bertz CT molecular complexity index is 746. The number of primary amides is 1. The molecule has 0 bridgehead atoms. The minimum atomic E-state index is -0.544. The molecule has 1 aromatic carbocycles. The van der Waals surface area contributed by atoms with E-state index in [9.17, 15) is 9.59 Å². The Morgan fingerprint density at radius 2 is 2.08 bits per heavy atom. The molecule has 1 fully saturated rings. The zero-order chi connectivity index (χ0) is 17.8. The van der Waals surface area contributed by atoms with Gasteiger partial charge in [0, 0.05) is 13.1 Å². The predicted octanol–water partition coefficient (Wildman–Crippen LogP) is 0.622. The molecule has 2 amide bonds. The number of amides is 2. The average molecular weight is 344 g/mol. The highest BCUT2D eigenvalue weighted by Crippen LogP contribution is 2.31. The maximum absolute atomic E-state index is 12.4. The van der Waals surface area contributed by atoms with E-state index in [1.807, 2.05) is 30.3 Å². The Morgan fingerprint density at radius 3 is 2.72 bits per heavy atom. The molecule has 2 aromatic rings. The third-order valence-corrected chi connectivity index (χ3v) is 4.24. The van der Waals surface area contributed by atoms with Gasteiger partial charge in [0.2, 0.25) is 17.7 Å². The van der Waals surface area contributed by atoms with E-state index in [0.29, 0.717) is 24.9 Å². The monoisotopic (exact) mass is 344 g/mol. The van der Waals surface area contributed by atoms with Gasteiger partial charge < -0.3 is 19.9 Å². The number of carbonyl (C=O) groups excluding carboxylic acids is 2. The average Bonchev–Trinajstić information content (AvgIpc) is 3.22. The van der Waals surface area contributed by atoms with Crippen LogP contribution in [0.2, 0.25) is 0 Å². The van der Waals surface area contributed by atoms with E-state index in [1.165, 1.54) is 0 Å². The van der Waals surface area contributed by atoms with Crippen molar-refractivity contribution < 1.29 is 18.8 Å². The Morgan fingerprint density at radius 1 is 1.32 bits per heavy atom. The normalized spacial score (nSPS) is 20.0. The van der Waals surface area contributed by atoms with Crippen LogP contribution in [0, 0.1) is 12.8 Å². The van der Waals surface area contributed by atoms with E-state index >= 15 is 0 Å². The number of nitrogens with two attached hydrogens (primary N) is 1. The Labute approximate surface area is 144 Å².